The van der Waals surface area contributed by atoms with E-state index in [1.54, 1.807) is 6.20 Å². The van der Waals surface area contributed by atoms with Crippen LogP contribution in [0.3, 0.4) is 0 Å². The first kappa shape index (κ1) is 24.4. The van der Waals surface area contributed by atoms with Crippen molar-refractivity contribution in [3.63, 3.8) is 0 Å². The van der Waals surface area contributed by atoms with Crippen molar-refractivity contribution in [1.82, 2.24) is 4.57 Å². The number of benzene rings is 1. The highest BCUT2D eigenvalue weighted by Crippen LogP contribution is 2.42. The molecule has 6 nitrogen and oxygen atoms in total. The van der Waals surface area contributed by atoms with Gasteiger partial charge in [0.2, 0.25) is 5.69 Å². The molecule has 2 aromatic rings. The molecule has 1 atom stereocenters. The number of anilines is 1. The zero-order valence-corrected chi connectivity index (χ0v) is 20.7. The zero-order chi connectivity index (χ0) is 24.6. The zero-order valence-electron chi connectivity index (χ0n) is 20.7. The SMILES string of the molecule is [C-]#[N+]c1cn(C2CC2)c(NC(=O)C(CC)Oc2ccc(C(C)(C)C)cc2C(C)(C)C)c1C#N. The molecule has 1 fully saturated rings. The van der Waals surface area contributed by atoms with Gasteiger partial charge in [-0.15, -0.1) is 0 Å². The summed E-state index contributed by atoms with van der Waals surface area (Å²) in [6, 6.07) is 8.51. The molecule has 0 spiro atoms. The fraction of sp³-hybridized carbons (Fsp3) is 0.519. The summed E-state index contributed by atoms with van der Waals surface area (Å²) in [5.74, 6) is 0.778. The Kier molecular flexibility index (Phi) is 6.61. The van der Waals surface area contributed by atoms with E-state index in [4.69, 9.17) is 11.3 Å². The lowest BCUT2D eigenvalue weighted by Crippen LogP contribution is -2.34. The molecule has 1 aliphatic rings. The maximum absolute atomic E-state index is 13.3. The third-order valence-electron chi connectivity index (χ3n) is 6.01. The van der Waals surface area contributed by atoms with Gasteiger partial charge in [0.05, 0.1) is 12.6 Å². The Labute approximate surface area is 197 Å². The molecule has 3 rings (SSSR count). The van der Waals surface area contributed by atoms with Gasteiger partial charge in [-0.25, -0.2) is 4.85 Å². The lowest BCUT2D eigenvalue weighted by atomic mass is 9.80. The van der Waals surface area contributed by atoms with Crippen LogP contribution in [0.2, 0.25) is 0 Å². The van der Waals surface area contributed by atoms with E-state index in [0.717, 1.165) is 18.4 Å². The van der Waals surface area contributed by atoms with Gasteiger partial charge < -0.3 is 14.6 Å². The van der Waals surface area contributed by atoms with Gasteiger partial charge >= 0.3 is 0 Å². The fourth-order valence-corrected chi connectivity index (χ4v) is 3.83. The lowest BCUT2D eigenvalue weighted by molar-refractivity contribution is -0.122. The van der Waals surface area contributed by atoms with Crippen molar-refractivity contribution in [1.29, 1.82) is 5.26 Å². The van der Waals surface area contributed by atoms with Crippen molar-refractivity contribution in [3.05, 3.63) is 52.5 Å². The highest BCUT2D eigenvalue weighted by atomic mass is 16.5. The molecule has 0 aliphatic heterocycles. The summed E-state index contributed by atoms with van der Waals surface area (Å²) in [5, 5.41) is 12.5. The molecule has 1 unspecified atom stereocenters. The van der Waals surface area contributed by atoms with Crippen molar-refractivity contribution < 1.29 is 9.53 Å². The van der Waals surface area contributed by atoms with Crippen molar-refractivity contribution in [2.75, 3.05) is 5.32 Å². The van der Waals surface area contributed by atoms with E-state index < -0.39 is 6.10 Å². The Morgan fingerprint density at radius 1 is 1.27 bits per heavy atom. The summed E-state index contributed by atoms with van der Waals surface area (Å²) in [6.45, 7) is 22.2. The molecule has 174 valence electrons. The average Bonchev–Trinajstić information content (AvgIpc) is 3.52. The topological polar surface area (TPSA) is 71.4 Å². The largest absolute Gasteiger partial charge is 0.480 e. The van der Waals surface area contributed by atoms with Crippen LogP contribution in [0, 0.1) is 17.9 Å². The third kappa shape index (κ3) is 5.22. The molecule has 33 heavy (non-hydrogen) atoms. The number of rotatable bonds is 6. The number of nitriles is 1. The van der Waals surface area contributed by atoms with E-state index in [9.17, 15) is 10.1 Å². The van der Waals surface area contributed by atoms with Gasteiger partial charge in [-0.3, -0.25) is 4.79 Å². The molecule has 1 aromatic heterocycles. The van der Waals surface area contributed by atoms with Crippen molar-refractivity contribution in [2.45, 2.75) is 90.7 Å². The average molecular weight is 447 g/mol. The first-order valence-corrected chi connectivity index (χ1v) is 11.6. The minimum Gasteiger partial charge on any atom is -0.480 e. The van der Waals surface area contributed by atoms with E-state index in [-0.39, 0.29) is 34.0 Å². The maximum Gasteiger partial charge on any atom is 0.266 e. The van der Waals surface area contributed by atoms with Crippen LogP contribution in [0.25, 0.3) is 4.85 Å². The third-order valence-corrected chi connectivity index (χ3v) is 6.01. The smallest absolute Gasteiger partial charge is 0.266 e. The minimum atomic E-state index is -0.725. The van der Waals surface area contributed by atoms with Gasteiger partial charge in [0.1, 0.15) is 17.1 Å². The second-order valence-corrected chi connectivity index (χ2v) is 10.8. The summed E-state index contributed by atoms with van der Waals surface area (Å²) < 4.78 is 8.14. The molecular formula is C27H34N4O2. The van der Waals surface area contributed by atoms with Gasteiger partial charge in [-0.2, -0.15) is 5.26 Å². The van der Waals surface area contributed by atoms with Crippen LogP contribution in [0.5, 0.6) is 5.75 Å². The van der Waals surface area contributed by atoms with Gasteiger partial charge in [-0.05, 0) is 47.3 Å². The quantitative estimate of drug-likeness (QED) is 0.506. The molecule has 1 saturated carbocycles. The number of amides is 1. The van der Waals surface area contributed by atoms with Crippen LogP contribution in [0.15, 0.2) is 24.4 Å². The standard InChI is InChI=1S/C27H34N4O2/c1-9-22(33-23-13-10-17(26(2,3)4)14-20(23)27(5,6)7)25(32)30-24-19(15-28)21(29-8)16-31(24)18-11-12-18/h10,13-14,16,18,22H,9,11-12H2,1-7H3,(H,30,32). The van der Waals surface area contributed by atoms with E-state index in [0.29, 0.717) is 18.0 Å². The van der Waals surface area contributed by atoms with Crippen LogP contribution < -0.4 is 10.1 Å². The molecular weight excluding hydrogens is 412 g/mol. The molecule has 1 heterocycles. The molecule has 1 aliphatic carbocycles. The minimum absolute atomic E-state index is 0.00256. The lowest BCUT2D eigenvalue weighted by Gasteiger charge is -2.28. The molecule has 1 amide bonds. The van der Waals surface area contributed by atoms with Crippen molar-refractivity contribution in [3.8, 4) is 11.8 Å². The molecule has 0 saturated heterocycles. The molecule has 6 heteroatoms. The van der Waals surface area contributed by atoms with E-state index >= 15 is 0 Å². The highest BCUT2D eigenvalue weighted by Gasteiger charge is 2.31. The Hall–Kier alpha value is -3.25. The number of nitrogens with zero attached hydrogens (tertiary/aromatic N) is 3. The number of ether oxygens (including phenoxy) is 1. The number of hydrogen-bond acceptors (Lipinski definition) is 3. The second kappa shape index (κ2) is 8.94. The van der Waals surface area contributed by atoms with E-state index in [2.05, 4.69) is 69.9 Å². The number of nitrogens with one attached hydrogen (secondary N) is 1. The van der Waals surface area contributed by atoms with Crippen molar-refractivity contribution in [2.24, 2.45) is 0 Å². The normalized spacial score (nSPS) is 14.8. The summed E-state index contributed by atoms with van der Waals surface area (Å²) in [6.07, 6.45) is 3.37. The van der Waals surface area contributed by atoms with Crippen molar-refractivity contribution >= 4 is 17.4 Å². The van der Waals surface area contributed by atoms with Crippen LogP contribution >= 0.6 is 0 Å². The number of hydrogen-bond donors (Lipinski definition) is 1. The molecule has 0 bridgehead atoms. The fourth-order valence-electron chi connectivity index (χ4n) is 3.83. The van der Waals surface area contributed by atoms with Gasteiger partial charge in [0, 0.05) is 12.2 Å². The Bertz CT molecular complexity index is 1130. The summed E-state index contributed by atoms with van der Waals surface area (Å²) in [5.41, 5.74) is 2.58. The summed E-state index contributed by atoms with van der Waals surface area (Å²) in [4.78, 5) is 16.7. The number of carbonyl (C=O) groups excluding carboxylic acids is 1. The predicted octanol–water partition coefficient (Wildman–Crippen LogP) is 6.64. The highest BCUT2D eigenvalue weighted by molar-refractivity contribution is 5.96. The van der Waals surface area contributed by atoms with E-state index in [1.807, 2.05) is 17.6 Å². The van der Waals surface area contributed by atoms with E-state index in [1.165, 1.54) is 5.56 Å². The Morgan fingerprint density at radius 3 is 2.42 bits per heavy atom. The first-order chi connectivity index (χ1) is 15.4. The monoisotopic (exact) mass is 446 g/mol. The Morgan fingerprint density at radius 2 is 1.94 bits per heavy atom. The van der Waals surface area contributed by atoms with Gasteiger partial charge in [0.15, 0.2) is 6.10 Å². The van der Waals surface area contributed by atoms with Crippen LogP contribution in [0.1, 0.15) is 90.5 Å². The molecule has 1 aromatic carbocycles. The number of carbonyl (C=O) groups is 1. The Balaban J connectivity index is 1.91. The van der Waals surface area contributed by atoms with Gasteiger partial charge in [-0.1, -0.05) is 60.6 Å². The molecule has 1 N–H and O–H groups in total. The molecule has 0 radical (unpaired) electrons. The first-order valence-electron chi connectivity index (χ1n) is 11.6. The predicted molar refractivity (Wildman–Crippen MR) is 131 cm³/mol. The maximum atomic E-state index is 13.3. The summed E-state index contributed by atoms with van der Waals surface area (Å²) >= 11 is 0. The van der Waals surface area contributed by atoms with Crippen LogP contribution in [-0.4, -0.2) is 16.6 Å². The van der Waals surface area contributed by atoms with Gasteiger partial charge in [0.25, 0.3) is 5.91 Å². The van der Waals surface area contributed by atoms with Crippen LogP contribution in [-0.2, 0) is 15.6 Å². The second-order valence-electron chi connectivity index (χ2n) is 10.8. The van der Waals surface area contributed by atoms with Crippen LogP contribution in [0.4, 0.5) is 11.5 Å². The number of aromatic nitrogens is 1. The summed E-state index contributed by atoms with van der Waals surface area (Å²) in [7, 11) is 0.